The molecule has 2 rings (SSSR count). The molecule has 0 aromatic rings. The first-order valence-electron chi connectivity index (χ1n) is 6.58. The molecule has 94 valence electrons. The summed E-state index contributed by atoms with van der Waals surface area (Å²) in [4.78, 5) is 0. The maximum Gasteiger partial charge on any atom is 0.0672 e. The zero-order valence-corrected chi connectivity index (χ0v) is 11.0. The molecule has 1 aliphatic heterocycles. The minimum Gasteiger partial charge on any atom is -0.381 e. The Morgan fingerprint density at radius 2 is 2.19 bits per heavy atom. The number of halogens is 1. The Kier molecular flexibility index (Phi) is 4.51. The summed E-state index contributed by atoms with van der Waals surface area (Å²) < 4.78 is 11.5. The van der Waals surface area contributed by atoms with Crippen LogP contribution in [0.5, 0.6) is 0 Å². The zero-order valence-electron chi connectivity index (χ0n) is 10.2. The van der Waals surface area contributed by atoms with Crippen molar-refractivity contribution >= 4 is 11.6 Å². The van der Waals surface area contributed by atoms with Gasteiger partial charge in [-0.2, -0.15) is 0 Å². The number of hydrogen-bond acceptors (Lipinski definition) is 2. The monoisotopic (exact) mass is 246 g/mol. The average molecular weight is 247 g/mol. The van der Waals surface area contributed by atoms with Crippen LogP contribution in [0.3, 0.4) is 0 Å². The van der Waals surface area contributed by atoms with E-state index in [2.05, 4.69) is 6.92 Å². The topological polar surface area (TPSA) is 18.5 Å². The Balaban J connectivity index is 1.84. The van der Waals surface area contributed by atoms with E-state index in [1.54, 1.807) is 0 Å². The molecule has 1 saturated carbocycles. The van der Waals surface area contributed by atoms with E-state index in [1.807, 2.05) is 0 Å². The first-order valence-corrected chi connectivity index (χ1v) is 7.11. The molecular formula is C13H23ClO2. The highest BCUT2D eigenvalue weighted by atomic mass is 35.5. The maximum atomic E-state index is 6.21. The highest BCUT2D eigenvalue weighted by Crippen LogP contribution is 2.50. The van der Waals surface area contributed by atoms with E-state index >= 15 is 0 Å². The van der Waals surface area contributed by atoms with Crippen LogP contribution in [-0.4, -0.2) is 31.8 Å². The molecule has 2 aliphatic rings. The molecule has 2 fully saturated rings. The number of ether oxygens (including phenoxy) is 2. The minimum absolute atomic E-state index is 0.205. The van der Waals surface area contributed by atoms with Gasteiger partial charge in [-0.15, -0.1) is 11.6 Å². The second kappa shape index (κ2) is 5.70. The molecule has 0 amide bonds. The lowest BCUT2D eigenvalue weighted by Gasteiger charge is -2.32. The van der Waals surface area contributed by atoms with Gasteiger partial charge in [0, 0.05) is 31.1 Å². The SMILES string of the molecule is CCCOCCC1(CCl)CCOC1C1CC1. The van der Waals surface area contributed by atoms with Crippen LogP contribution in [0.2, 0.25) is 0 Å². The van der Waals surface area contributed by atoms with Gasteiger partial charge in [0.15, 0.2) is 0 Å². The normalized spacial score (nSPS) is 34.5. The smallest absolute Gasteiger partial charge is 0.0672 e. The van der Waals surface area contributed by atoms with E-state index in [-0.39, 0.29) is 5.41 Å². The molecule has 0 N–H and O–H groups in total. The van der Waals surface area contributed by atoms with Crippen molar-refractivity contribution in [2.75, 3.05) is 25.7 Å². The predicted molar refractivity (Wildman–Crippen MR) is 66.0 cm³/mol. The van der Waals surface area contributed by atoms with Gasteiger partial charge in [-0.05, 0) is 38.0 Å². The van der Waals surface area contributed by atoms with Crippen molar-refractivity contribution in [3.63, 3.8) is 0 Å². The molecule has 0 bridgehead atoms. The second-order valence-electron chi connectivity index (χ2n) is 5.24. The average Bonchev–Trinajstić information content (AvgIpc) is 3.06. The third-order valence-corrected chi connectivity index (χ3v) is 4.44. The van der Waals surface area contributed by atoms with Crippen LogP contribution in [0.1, 0.15) is 39.0 Å². The van der Waals surface area contributed by atoms with Gasteiger partial charge in [0.25, 0.3) is 0 Å². The van der Waals surface area contributed by atoms with Crippen molar-refractivity contribution in [2.45, 2.75) is 45.1 Å². The maximum absolute atomic E-state index is 6.21. The molecule has 2 atom stereocenters. The zero-order chi connectivity index (χ0) is 11.4. The highest BCUT2D eigenvalue weighted by Gasteiger charge is 2.50. The van der Waals surface area contributed by atoms with Crippen molar-refractivity contribution in [3.8, 4) is 0 Å². The number of hydrogen-bond donors (Lipinski definition) is 0. The van der Waals surface area contributed by atoms with Crippen LogP contribution >= 0.6 is 11.6 Å². The van der Waals surface area contributed by atoms with E-state index in [4.69, 9.17) is 21.1 Å². The summed E-state index contributed by atoms with van der Waals surface area (Å²) in [5, 5.41) is 0. The van der Waals surface area contributed by atoms with Crippen molar-refractivity contribution in [2.24, 2.45) is 11.3 Å². The molecule has 16 heavy (non-hydrogen) atoms. The first-order chi connectivity index (χ1) is 7.82. The summed E-state index contributed by atoms with van der Waals surface area (Å²) in [6.45, 7) is 4.74. The fourth-order valence-electron chi connectivity index (χ4n) is 2.74. The second-order valence-corrected chi connectivity index (χ2v) is 5.50. The predicted octanol–water partition coefficient (Wildman–Crippen LogP) is 3.23. The van der Waals surface area contributed by atoms with E-state index < -0.39 is 0 Å². The molecule has 0 spiro atoms. The van der Waals surface area contributed by atoms with E-state index in [1.165, 1.54) is 12.8 Å². The standard InChI is InChI=1S/C13H23ClO2/c1-2-7-15-8-5-13(10-14)6-9-16-12(13)11-3-4-11/h11-12H,2-10H2,1H3. The largest absolute Gasteiger partial charge is 0.381 e. The molecule has 1 heterocycles. The lowest BCUT2D eigenvalue weighted by molar-refractivity contribution is 0.0188. The summed E-state index contributed by atoms with van der Waals surface area (Å²) >= 11 is 6.21. The Hall–Kier alpha value is 0.210. The lowest BCUT2D eigenvalue weighted by Crippen LogP contribution is -2.35. The molecule has 2 unspecified atom stereocenters. The molecule has 1 aliphatic carbocycles. The summed E-state index contributed by atoms with van der Waals surface area (Å²) in [5.41, 5.74) is 0.205. The fourth-order valence-corrected chi connectivity index (χ4v) is 3.16. The third kappa shape index (κ3) is 2.72. The van der Waals surface area contributed by atoms with Crippen LogP contribution in [0.4, 0.5) is 0 Å². The molecular weight excluding hydrogens is 224 g/mol. The molecule has 0 radical (unpaired) electrons. The minimum atomic E-state index is 0.205. The summed E-state index contributed by atoms with van der Waals surface area (Å²) in [7, 11) is 0. The van der Waals surface area contributed by atoms with Gasteiger partial charge >= 0.3 is 0 Å². The van der Waals surface area contributed by atoms with Crippen LogP contribution in [0.15, 0.2) is 0 Å². The van der Waals surface area contributed by atoms with E-state index in [0.29, 0.717) is 6.10 Å². The fraction of sp³-hybridized carbons (Fsp3) is 1.00. The van der Waals surface area contributed by atoms with Gasteiger partial charge in [-0.1, -0.05) is 6.92 Å². The van der Waals surface area contributed by atoms with Gasteiger partial charge in [0.2, 0.25) is 0 Å². The first kappa shape index (κ1) is 12.7. The molecule has 0 aromatic carbocycles. The molecule has 2 nitrogen and oxygen atoms in total. The van der Waals surface area contributed by atoms with Crippen LogP contribution in [-0.2, 0) is 9.47 Å². The Morgan fingerprint density at radius 3 is 2.81 bits per heavy atom. The third-order valence-electron chi connectivity index (χ3n) is 3.91. The van der Waals surface area contributed by atoms with Crippen LogP contribution in [0.25, 0.3) is 0 Å². The van der Waals surface area contributed by atoms with Crippen LogP contribution in [0, 0.1) is 11.3 Å². The number of alkyl halides is 1. The van der Waals surface area contributed by atoms with Crippen molar-refractivity contribution in [1.82, 2.24) is 0 Å². The summed E-state index contributed by atoms with van der Waals surface area (Å²) in [6, 6.07) is 0. The van der Waals surface area contributed by atoms with Gasteiger partial charge in [0.1, 0.15) is 0 Å². The Labute approximate surface area is 104 Å². The van der Waals surface area contributed by atoms with E-state index in [0.717, 1.165) is 50.9 Å². The Bertz CT molecular complexity index is 218. The van der Waals surface area contributed by atoms with Crippen molar-refractivity contribution in [3.05, 3.63) is 0 Å². The van der Waals surface area contributed by atoms with Gasteiger partial charge in [0.05, 0.1) is 6.10 Å². The molecule has 0 aromatic heterocycles. The van der Waals surface area contributed by atoms with Crippen molar-refractivity contribution in [1.29, 1.82) is 0 Å². The summed E-state index contributed by atoms with van der Waals surface area (Å²) in [6.07, 6.45) is 6.36. The highest BCUT2D eigenvalue weighted by molar-refractivity contribution is 6.18. The van der Waals surface area contributed by atoms with Crippen molar-refractivity contribution < 1.29 is 9.47 Å². The van der Waals surface area contributed by atoms with E-state index in [9.17, 15) is 0 Å². The van der Waals surface area contributed by atoms with Gasteiger partial charge in [-0.3, -0.25) is 0 Å². The molecule has 1 saturated heterocycles. The quantitative estimate of drug-likeness (QED) is 0.507. The molecule has 3 heteroatoms. The van der Waals surface area contributed by atoms with Crippen LogP contribution < -0.4 is 0 Å². The van der Waals surface area contributed by atoms with Gasteiger partial charge in [-0.25, -0.2) is 0 Å². The number of rotatable bonds is 7. The summed E-state index contributed by atoms with van der Waals surface area (Å²) in [5.74, 6) is 1.51. The van der Waals surface area contributed by atoms with Gasteiger partial charge < -0.3 is 9.47 Å². The Morgan fingerprint density at radius 1 is 1.38 bits per heavy atom. The lowest BCUT2D eigenvalue weighted by atomic mass is 9.78.